The molecule has 2 aromatic rings. The Bertz CT molecular complexity index is 652. The van der Waals surface area contributed by atoms with E-state index in [0.717, 1.165) is 11.4 Å². The van der Waals surface area contributed by atoms with Crippen molar-refractivity contribution in [1.29, 1.82) is 0 Å². The van der Waals surface area contributed by atoms with Crippen LogP contribution in [-0.2, 0) is 0 Å². The van der Waals surface area contributed by atoms with Crippen LogP contribution in [0.2, 0.25) is 0 Å². The minimum atomic E-state index is -0.362. The summed E-state index contributed by atoms with van der Waals surface area (Å²) in [7, 11) is 0. The summed E-state index contributed by atoms with van der Waals surface area (Å²) < 4.78 is 1.74. The van der Waals surface area contributed by atoms with Gasteiger partial charge in [-0.25, -0.2) is 9.48 Å². The molecule has 6 heteroatoms. The topological polar surface area (TPSA) is 79.2 Å². The molecule has 2 unspecified atom stereocenters. The second-order valence-electron chi connectivity index (χ2n) is 5.94. The van der Waals surface area contributed by atoms with Crippen molar-refractivity contribution >= 4 is 11.7 Å². The number of urea groups is 1. The van der Waals surface area contributed by atoms with Gasteiger partial charge in [-0.2, -0.15) is 5.10 Å². The number of aliphatic hydroxyl groups excluding tert-OH is 1. The molecule has 3 N–H and O–H groups in total. The number of hydrogen-bond acceptors (Lipinski definition) is 3. The highest BCUT2D eigenvalue weighted by Crippen LogP contribution is 2.19. The number of aliphatic hydroxyl groups is 1. The van der Waals surface area contributed by atoms with E-state index in [1.807, 2.05) is 50.4 Å². The Morgan fingerprint density at radius 2 is 2.04 bits per heavy atom. The molecule has 0 aliphatic rings. The van der Waals surface area contributed by atoms with Crippen molar-refractivity contribution in [2.75, 3.05) is 11.9 Å². The van der Waals surface area contributed by atoms with E-state index >= 15 is 0 Å². The van der Waals surface area contributed by atoms with Crippen LogP contribution in [0.25, 0.3) is 5.69 Å². The number of nitrogens with one attached hydrogen (secondary N) is 2. The van der Waals surface area contributed by atoms with Crippen LogP contribution in [0.5, 0.6) is 0 Å². The Morgan fingerprint density at radius 1 is 1.30 bits per heavy atom. The van der Waals surface area contributed by atoms with Gasteiger partial charge in [0.2, 0.25) is 0 Å². The van der Waals surface area contributed by atoms with E-state index in [-0.39, 0.29) is 18.1 Å². The fourth-order valence-corrected chi connectivity index (χ4v) is 2.43. The average Bonchev–Trinajstić information content (AvgIpc) is 2.91. The number of nitrogens with zero attached hydrogens (tertiary/aromatic N) is 2. The van der Waals surface area contributed by atoms with Crippen LogP contribution in [0, 0.1) is 12.8 Å². The van der Waals surface area contributed by atoms with Crippen molar-refractivity contribution in [1.82, 2.24) is 15.1 Å². The molecule has 0 radical (unpaired) electrons. The lowest BCUT2D eigenvalue weighted by molar-refractivity contribution is 0.163. The summed E-state index contributed by atoms with van der Waals surface area (Å²) in [6.07, 6.45) is 2.15. The standard InChI is InChI=1S/C17H24N4O2/c1-12(10-14(3)22)11-18-17(23)19-15-6-4-5-7-16(15)21-9-8-13(2)20-21/h4-9,12,14,22H,10-11H2,1-3H3,(H2,18,19,23). The van der Waals surface area contributed by atoms with E-state index in [0.29, 0.717) is 18.7 Å². The molecule has 1 aromatic carbocycles. The van der Waals surface area contributed by atoms with Gasteiger partial charge >= 0.3 is 6.03 Å². The molecule has 6 nitrogen and oxygen atoms in total. The molecule has 0 aliphatic heterocycles. The van der Waals surface area contributed by atoms with Gasteiger partial charge in [-0.3, -0.25) is 0 Å². The maximum atomic E-state index is 12.1. The van der Waals surface area contributed by atoms with Crippen molar-refractivity contribution in [3.8, 4) is 5.69 Å². The number of aromatic nitrogens is 2. The molecule has 0 bridgehead atoms. The van der Waals surface area contributed by atoms with E-state index in [1.165, 1.54) is 0 Å². The summed E-state index contributed by atoms with van der Waals surface area (Å²) in [6, 6.07) is 9.16. The van der Waals surface area contributed by atoms with Crippen LogP contribution in [0.15, 0.2) is 36.5 Å². The third-order valence-corrected chi connectivity index (χ3v) is 3.48. The monoisotopic (exact) mass is 316 g/mol. The van der Waals surface area contributed by atoms with Gasteiger partial charge in [0.15, 0.2) is 0 Å². The number of anilines is 1. The zero-order chi connectivity index (χ0) is 16.8. The lowest BCUT2D eigenvalue weighted by Gasteiger charge is -2.15. The van der Waals surface area contributed by atoms with Gasteiger partial charge in [-0.1, -0.05) is 19.1 Å². The van der Waals surface area contributed by atoms with Crippen LogP contribution in [0.3, 0.4) is 0 Å². The number of benzene rings is 1. The summed E-state index contributed by atoms with van der Waals surface area (Å²) in [4.78, 5) is 12.1. The van der Waals surface area contributed by atoms with Gasteiger partial charge in [0, 0.05) is 12.7 Å². The molecule has 0 fully saturated rings. The van der Waals surface area contributed by atoms with Gasteiger partial charge in [0.1, 0.15) is 0 Å². The number of amides is 2. The molecule has 0 saturated heterocycles. The summed E-state index contributed by atoms with van der Waals surface area (Å²) in [5, 5.41) is 19.4. The first-order valence-electron chi connectivity index (χ1n) is 7.80. The highest BCUT2D eigenvalue weighted by Gasteiger charge is 2.11. The predicted molar refractivity (Wildman–Crippen MR) is 90.8 cm³/mol. The molecule has 2 rings (SSSR count). The first kappa shape index (κ1) is 17.0. The van der Waals surface area contributed by atoms with Crippen LogP contribution in [0.1, 0.15) is 26.0 Å². The van der Waals surface area contributed by atoms with Crippen molar-refractivity contribution in [3.63, 3.8) is 0 Å². The van der Waals surface area contributed by atoms with Crippen LogP contribution in [-0.4, -0.2) is 33.6 Å². The van der Waals surface area contributed by atoms with Crippen molar-refractivity contribution in [2.24, 2.45) is 5.92 Å². The van der Waals surface area contributed by atoms with Gasteiger partial charge in [0.25, 0.3) is 0 Å². The van der Waals surface area contributed by atoms with E-state index in [2.05, 4.69) is 15.7 Å². The highest BCUT2D eigenvalue weighted by molar-refractivity contribution is 5.91. The third kappa shape index (κ3) is 5.10. The third-order valence-electron chi connectivity index (χ3n) is 3.48. The quantitative estimate of drug-likeness (QED) is 0.766. The number of carbonyl (C=O) groups is 1. The minimum Gasteiger partial charge on any atom is -0.393 e. The molecule has 1 heterocycles. The van der Waals surface area contributed by atoms with Gasteiger partial charge in [-0.15, -0.1) is 0 Å². The maximum Gasteiger partial charge on any atom is 0.319 e. The van der Waals surface area contributed by atoms with Crippen molar-refractivity contribution in [3.05, 3.63) is 42.2 Å². The molecule has 2 atom stereocenters. The highest BCUT2D eigenvalue weighted by atomic mass is 16.3. The van der Waals surface area contributed by atoms with Crippen LogP contribution < -0.4 is 10.6 Å². The molecule has 0 spiro atoms. The predicted octanol–water partition coefficient (Wildman–Crippen LogP) is 2.71. The second kappa shape index (κ2) is 7.78. The van der Waals surface area contributed by atoms with Crippen LogP contribution in [0.4, 0.5) is 10.5 Å². The number of rotatable bonds is 6. The zero-order valence-corrected chi connectivity index (χ0v) is 13.8. The van der Waals surface area contributed by atoms with Gasteiger partial charge in [0.05, 0.1) is 23.2 Å². The fraction of sp³-hybridized carbons (Fsp3) is 0.412. The fourth-order valence-electron chi connectivity index (χ4n) is 2.43. The van der Waals surface area contributed by atoms with E-state index in [9.17, 15) is 9.90 Å². The Hall–Kier alpha value is -2.34. The lowest BCUT2D eigenvalue weighted by Crippen LogP contribution is -2.33. The smallest absolute Gasteiger partial charge is 0.319 e. The Kier molecular flexibility index (Phi) is 5.76. The molecule has 1 aromatic heterocycles. The number of carbonyl (C=O) groups excluding carboxylic acids is 1. The zero-order valence-electron chi connectivity index (χ0n) is 13.8. The van der Waals surface area contributed by atoms with Crippen LogP contribution >= 0.6 is 0 Å². The summed E-state index contributed by atoms with van der Waals surface area (Å²) >= 11 is 0. The summed E-state index contributed by atoms with van der Waals surface area (Å²) in [5.41, 5.74) is 2.42. The van der Waals surface area contributed by atoms with E-state index in [4.69, 9.17) is 0 Å². The SMILES string of the molecule is Cc1ccn(-c2ccccc2NC(=O)NCC(C)CC(C)O)n1. The lowest BCUT2D eigenvalue weighted by atomic mass is 10.1. The molecular formula is C17H24N4O2. The number of hydrogen-bond donors (Lipinski definition) is 3. The Morgan fingerprint density at radius 3 is 2.70 bits per heavy atom. The molecule has 0 saturated carbocycles. The summed E-state index contributed by atoms with van der Waals surface area (Å²) in [5.74, 6) is 0.213. The maximum absolute atomic E-state index is 12.1. The van der Waals surface area contributed by atoms with Crippen molar-refractivity contribution < 1.29 is 9.90 Å². The molecule has 23 heavy (non-hydrogen) atoms. The first-order valence-corrected chi connectivity index (χ1v) is 7.80. The first-order chi connectivity index (χ1) is 11.0. The average molecular weight is 316 g/mol. The van der Waals surface area contributed by atoms with E-state index in [1.54, 1.807) is 11.6 Å². The molecule has 124 valence electrons. The van der Waals surface area contributed by atoms with Gasteiger partial charge < -0.3 is 15.7 Å². The largest absolute Gasteiger partial charge is 0.393 e. The van der Waals surface area contributed by atoms with Gasteiger partial charge in [-0.05, 0) is 44.4 Å². The molecule has 2 amide bonds. The van der Waals surface area contributed by atoms with E-state index < -0.39 is 0 Å². The Balaban J connectivity index is 1.99. The number of aryl methyl sites for hydroxylation is 1. The molecular weight excluding hydrogens is 292 g/mol. The summed E-state index contributed by atoms with van der Waals surface area (Å²) in [6.45, 7) is 6.18. The van der Waals surface area contributed by atoms with Crippen molar-refractivity contribution in [2.45, 2.75) is 33.3 Å². The number of para-hydroxylation sites is 2. The molecule has 0 aliphatic carbocycles. The normalized spacial score (nSPS) is 13.4. The minimum absolute atomic E-state index is 0.213. The second-order valence-corrected chi connectivity index (χ2v) is 5.94. The Labute approximate surface area is 136 Å².